The zero-order valence-electron chi connectivity index (χ0n) is 19.0. The number of alkyl halides is 3. The lowest BCUT2D eigenvalue weighted by molar-refractivity contribution is -0.150. The van der Waals surface area contributed by atoms with Crippen LogP contribution in [-0.4, -0.2) is 71.8 Å². The molecule has 1 heterocycles. The quantitative estimate of drug-likeness (QED) is 0.351. The van der Waals surface area contributed by atoms with E-state index in [-0.39, 0.29) is 11.6 Å². The summed E-state index contributed by atoms with van der Waals surface area (Å²) < 4.78 is 43.5. The van der Waals surface area contributed by atoms with E-state index in [2.05, 4.69) is 20.7 Å². The molecule has 2 aliphatic carbocycles. The highest BCUT2D eigenvalue weighted by Gasteiger charge is 2.76. The van der Waals surface area contributed by atoms with E-state index in [1.165, 1.54) is 6.92 Å². The number of alkyl carbamates (subject to hydrolysis) is 1. The maximum Gasteiger partial charge on any atom is 0.451 e. The zero-order chi connectivity index (χ0) is 26.5. The predicted molar refractivity (Wildman–Crippen MR) is 111 cm³/mol. The second kappa shape index (κ2) is 8.87. The number of halogens is 3. The normalized spacial score (nSPS) is 28.5. The van der Waals surface area contributed by atoms with E-state index >= 15 is 0 Å². The van der Waals surface area contributed by atoms with Gasteiger partial charge < -0.3 is 25.6 Å². The van der Waals surface area contributed by atoms with Gasteiger partial charge in [0, 0.05) is 11.2 Å². The number of carbonyl (C=O) groups is 4. The molecular weight excluding hydrogens is 499 g/mol. The second-order valence-corrected chi connectivity index (χ2v) is 10.6. The maximum atomic E-state index is 12.8. The number of amides is 2. The summed E-state index contributed by atoms with van der Waals surface area (Å²) in [5.41, 5.74) is -2.86. The summed E-state index contributed by atoms with van der Waals surface area (Å²) >= 11 is 0.710. The number of aliphatic carboxylic acids is 2. The van der Waals surface area contributed by atoms with Gasteiger partial charge in [0.2, 0.25) is 16.9 Å². The van der Waals surface area contributed by atoms with Crippen LogP contribution in [0.2, 0.25) is 0 Å². The molecule has 2 amide bonds. The highest BCUT2D eigenvalue weighted by molar-refractivity contribution is 7.99. The van der Waals surface area contributed by atoms with E-state index in [1.807, 2.05) is 0 Å². The van der Waals surface area contributed by atoms with Gasteiger partial charge >= 0.3 is 24.2 Å². The number of carboxylic acids is 2. The van der Waals surface area contributed by atoms with Crippen molar-refractivity contribution < 1.29 is 47.3 Å². The fraction of sp³-hybridized carbons (Fsp3) is 0.684. The molecule has 0 radical (unpaired) electrons. The van der Waals surface area contributed by atoms with Crippen LogP contribution in [0.15, 0.2) is 5.16 Å². The standard InChI is InChI=1S/C19H24F3N5O7S/c1-6(23-16(33)34-17(2,3)4)11(28)25-18(14(31)32)5-7(8-9(10(8)18)12(29)30)35-15-24-13(26-27-15)19(20,21)22/h6-10H,5H2,1-4H3,(H,23,33)(H,25,28)(H,29,30)(H,31,32)(H,24,26,27)/t6-,7+,8-,9-,10-,18-/m0/s1. The van der Waals surface area contributed by atoms with Gasteiger partial charge in [-0.15, -0.1) is 5.10 Å². The zero-order valence-corrected chi connectivity index (χ0v) is 19.8. The summed E-state index contributed by atoms with van der Waals surface area (Å²) in [4.78, 5) is 52.1. The molecule has 1 aromatic rings. The van der Waals surface area contributed by atoms with E-state index < -0.39 is 76.1 Å². The number of hydrogen-bond donors (Lipinski definition) is 5. The highest BCUT2D eigenvalue weighted by atomic mass is 32.2. The van der Waals surface area contributed by atoms with E-state index in [1.54, 1.807) is 25.9 Å². The van der Waals surface area contributed by atoms with Crippen molar-refractivity contribution in [3.63, 3.8) is 0 Å². The third kappa shape index (κ3) is 5.46. The fourth-order valence-electron chi connectivity index (χ4n) is 4.32. The van der Waals surface area contributed by atoms with E-state index in [9.17, 15) is 42.6 Å². The van der Waals surface area contributed by atoms with Gasteiger partial charge in [0.1, 0.15) is 17.2 Å². The smallest absolute Gasteiger partial charge is 0.451 e. The van der Waals surface area contributed by atoms with Gasteiger partial charge in [-0.1, -0.05) is 11.8 Å². The molecule has 12 nitrogen and oxygen atoms in total. The second-order valence-electron chi connectivity index (χ2n) is 9.43. The predicted octanol–water partition coefficient (Wildman–Crippen LogP) is 1.49. The number of hydrogen-bond acceptors (Lipinski definition) is 8. The Kier molecular flexibility index (Phi) is 6.73. The lowest BCUT2D eigenvalue weighted by Gasteiger charge is -2.31. The Bertz CT molecular complexity index is 1040. The summed E-state index contributed by atoms with van der Waals surface area (Å²) in [6.07, 6.45) is -5.97. The average Bonchev–Trinajstić information content (AvgIpc) is 3.12. The topological polar surface area (TPSA) is 184 Å². The van der Waals surface area contributed by atoms with Gasteiger partial charge in [0.25, 0.3) is 0 Å². The summed E-state index contributed by atoms with van der Waals surface area (Å²) in [6, 6.07) is -1.23. The number of carbonyl (C=O) groups excluding carboxylic acids is 2. The van der Waals surface area contributed by atoms with Crippen molar-refractivity contribution in [2.75, 3.05) is 0 Å². The lowest BCUT2D eigenvalue weighted by Crippen LogP contribution is -2.60. The molecule has 2 aliphatic rings. The van der Waals surface area contributed by atoms with Crippen LogP contribution >= 0.6 is 11.8 Å². The molecule has 5 N–H and O–H groups in total. The Balaban J connectivity index is 1.79. The molecule has 1 aromatic heterocycles. The molecule has 2 fully saturated rings. The molecule has 35 heavy (non-hydrogen) atoms. The molecule has 0 spiro atoms. The number of H-pyrrole nitrogens is 1. The van der Waals surface area contributed by atoms with Gasteiger partial charge in [-0.3, -0.25) is 14.7 Å². The van der Waals surface area contributed by atoms with Crippen molar-refractivity contribution in [1.29, 1.82) is 0 Å². The molecular formula is C19H24F3N5O7S. The van der Waals surface area contributed by atoms with Crippen molar-refractivity contribution in [3.05, 3.63) is 5.82 Å². The first-order chi connectivity index (χ1) is 16.0. The highest BCUT2D eigenvalue weighted by Crippen LogP contribution is 2.66. The van der Waals surface area contributed by atoms with Crippen LogP contribution < -0.4 is 10.6 Å². The third-order valence-electron chi connectivity index (χ3n) is 5.73. The van der Waals surface area contributed by atoms with Crippen LogP contribution in [0.3, 0.4) is 0 Å². The first-order valence-corrected chi connectivity index (χ1v) is 11.3. The third-order valence-corrected chi connectivity index (χ3v) is 6.90. The molecule has 0 bridgehead atoms. The molecule has 2 saturated carbocycles. The Morgan fingerprint density at radius 1 is 1.23 bits per heavy atom. The molecule has 194 valence electrons. The number of ether oxygens (including phenoxy) is 1. The Morgan fingerprint density at radius 3 is 2.34 bits per heavy atom. The molecule has 3 rings (SSSR count). The van der Waals surface area contributed by atoms with Gasteiger partial charge in [-0.2, -0.15) is 18.2 Å². The number of thioether (sulfide) groups is 1. The number of rotatable bonds is 7. The van der Waals surface area contributed by atoms with Crippen LogP contribution in [0, 0.1) is 17.8 Å². The number of carboxylic acid groups (broad SMARTS) is 2. The number of nitrogens with zero attached hydrogens (tertiary/aromatic N) is 2. The van der Waals surface area contributed by atoms with Crippen molar-refractivity contribution >= 4 is 35.7 Å². The van der Waals surface area contributed by atoms with Crippen molar-refractivity contribution in [1.82, 2.24) is 25.8 Å². The summed E-state index contributed by atoms with van der Waals surface area (Å²) in [5.74, 6) is -7.95. The van der Waals surface area contributed by atoms with Crippen LogP contribution in [0.5, 0.6) is 0 Å². The first kappa shape index (κ1) is 26.6. The van der Waals surface area contributed by atoms with Crippen LogP contribution in [0.1, 0.15) is 39.9 Å². The molecule has 0 aromatic carbocycles. The number of aromatic amines is 1. The Morgan fingerprint density at radius 2 is 1.86 bits per heavy atom. The number of fused-ring (bicyclic) bond motifs is 1. The van der Waals surface area contributed by atoms with Gasteiger partial charge in [-0.25, -0.2) is 9.59 Å². The van der Waals surface area contributed by atoms with Gasteiger partial charge in [0.15, 0.2) is 0 Å². The lowest BCUT2D eigenvalue weighted by atomic mass is 9.89. The van der Waals surface area contributed by atoms with Crippen LogP contribution in [0.4, 0.5) is 18.0 Å². The maximum absolute atomic E-state index is 12.8. The summed E-state index contributed by atoms with van der Waals surface area (Å²) in [6.45, 7) is 6.12. The minimum Gasteiger partial charge on any atom is -0.481 e. The fourth-order valence-corrected chi connectivity index (χ4v) is 5.67. The monoisotopic (exact) mass is 523 g/mol. The van der Waals surface area contributed by atoms with Gasteiger partial charge in [0.05, 0.1) is 5.92 Å². The van der Waals surface area contributed by atoms with E-state index in [4.69, 9.17) is 4.74 Å². The molecule has 6 atom stereocenters. The van der Waals surface area contributed by atoms with Crippen LogP contribution in [-0.2, 0) is 25.3 Å². The molecule has 0 unspecified atom stereocenters. The minimum atomic E-state index is -4.77. The minimum absolute atomic E-state index is 0.285. The Hall–Kier alpha value is -3.04. The SMILES string of the molecule is C[C@H](NC(=O)OC(C)(C)C)C(=O)N[C@@]1(C(=O)O)C[C@@H](Sc2n[nH]c(C(F)(F)F)n2)[C@H]2[C@H](C(=O)O)[C@H]21. The van der Waals surface area contributed by atoms with Crippen molar-refractivity contribution in [2.45, 2.75) is 67.9 Å². The molecule has 0 saturated heterocycles. The molecule has 16 heteroatoms. The van der Waals surface area contributed by atoms with Crippen LogP contribution in [0.25, 0.3) is 0 Å². The first-order valence-electron chi connectivity index (χ1n) is 10.4. The largest absolute Gasteiger partial charge is 0.481 e. The van der Waals surface area contributed by atoms with Crippen molar-refractivity contribution in [3.8, 4) is 0 Å². The summed E-state index contributed by atoms with van der Waals surface area (Å²) in [5, 5.41) is 28.3. The van der Waals surface area contributed by atoms with E-state index in [0.29, 0.717) is 11.8 Å². The average molecular weight is 523 g/mol. The Labute approximate surface area is 200 Å². The molecule has 0 aliphatic heterocycles. The summed E-state index contributed by atoms with van der Waals surface area (Å²) in [7, 11) is 0. The van der Waals surface area contributed by atoms with Crippen molar-refractivity contribution in [2.24, 2.45) is 17.8 Å². The number of nitrogens with one attached hydrogen (secondary N) is 3. The number of aromatic nitrogens is 3. The van der Waals surface area contributed by atoms with E-state index in [0.717, 1.165) is 0 Å². The van der Waals surface area contributed by atoms with Gasteiger partial charge in [-0.05, 0) is 40.0 Å².